The third-order valence-electron chi connectivity index (χ3n) is 3.43. The molecule has 100 valence electrons. The molecule has 1 aromatic carbocycles. The predicted octanol–water partition coefficient (Wildman–Crippen LogP) is 3.69. The number of nitrogens with two attached hydrogens (primary N) is 1. The van der Waals surface area contributed by atoms with Gasteiger partial charge in [0.1, 0.15) is 0 Å². The fourth-order valence-corrected chi connectivity index (χ4v) is 3.81. The zero-order chi connectivity index (χ0) is 13.1. The lowest BCUT2D eigenvalue weighted by Crippen LogP contribution is -2.37. The van der Waals surface area contributed by atoms with E-state index in [1.807, 2.05) is 6.92 Å². The van der Waals surface area contributed by atoms with Crippen molar-refractivity contribution in [2.24, 2.45) is 5.73 Å². The van der Waals surface area contributed by atoms with Crippen LogP contribution < -0.4 is 10.6 Å². The largest absolute Gasteiger partial charge is 0.370 e. The number of nitrogens with zero attached hydrogens (tertiary/aromatic N) is 1. The van der Waals surface area contributed by atoms with Crippen LogP contribution in [0.4, 0.5) is 5.69 Å². The quantitative estimate of drug-likeness (QED) is 0.918. The number of hydrogen-bond donors (Lipinski definition) is 1. The standard InChI is InChI=1S/C14H21ClN2S/c1-3-12-9-17(6-7-18-12)11-4-5-13(10(2)16)14(15)8-11/h4-5,8,10,12H,3,6-7,9,16H2,1-2H3. The zero-order valence-electron chi connectivity index (χ0n) is 11.0. The van der Waals surface area contributed by atoms with Gasteiger partial charge >= 0.3 is 0 Å². The highest BCUT2D eigenvalue weighted by Gasteiger charge is 2.19. The summed E-state index contributed by atoms with van der Waals surface area (Å²) in [6, 6.07) is 6.26. The molecule has 0 radical (unpaired) electrons. The molecule has 2 N–H and O–H groups in total. The Labute approximate surface area is 119 Å². The zero-order valence-corrected chi connectivity index (χ0v) is 12.6. The third kappa shape index (κ3) is 3.14. The van der Waals surface area contributed by atoms with Crippen molar-refractivity contribution in [1.29, 1.82) is 0 Å². The molecule has 0 bridgehead atoms. The van der Waals surface area contributed by atoms with E-state index in [0.717, 1.165) is 28.9 Å². The fraction of sp³-hybridized carbons (Fsp3) is 0.571. The van der Waals surface area contributed by atoms with Crippen molar-refractivity contribution in [1.82, 2.24) is 0 Å². The molecule has 0 amide bonds. The van der Waals surface area contributed by atoms with E-state index in [9.17, 15) is 0 Å². The highest BCUT2D eigenvalue weighted by Crippen LogP contribution is 2.30. The normalized spacial score (nSPS) is 22.0. The van der Waals surface area contributed by atoms with Crippen LogP contribution >= 0.6 is 23.4 Å². The van der Waals surface area contributed by atoms with E-state index in [1.54, 1.807) is 0 Å². The average molecular weight is 285 g/mol. The third-order valence-corrected chi connectivity index (χ3v) is 5.13. The first-order chi connectivity index (χ1) is 8.61. The Morgan fingerprint density at radius 1 is 1.56 bits per heavy atom. The number of benzene rings is 1. The summed E-state index contributed by atoms with van der Waals surface area (Å²) >= 11 is 8.38. The van der Waals surface area contributed by atoms with E-state index in [2.05, 4.69) is 41.8 Å². The first kappa shape index (κ1) is 14.0. The Morgan fingerprint density at radius 3 is 2.94 bits per heavy atom. The SMILES string of the molecule is CCC1CN(c2ccc(C(C)N)c(Cl)c2)CCS1. The summed E-state index contributed by atoms with van der Waals surface area (Å²) in [6.45, 7) is 6.45. The van der Waals surface area contributed by atoms with Crippen molar-refractivity contribution in [3.05, 3.63) is 28.8 Å². The molecule has 0 aromatic heterocycles. The van der Waals surface area contributed by atoms with E-state index in [4.69, 9.17) is 17.3 Å². The summed E-state index contributed by atoms with van der Waals surface area (Å²) in [5.41, 5.74) is 8.14. The highest BCUT2D eigenvalue weighted by molar-refractivity contribution is 8.00. The molecule has 4 heteroatoms. The second-order valence-corrected chi connectivity index (χ2v) is 6.66. The summed E-state index contributed by atoms with van der Waals surface area (Å²) in [6.07, 6.45) is 1.23. The molecule has 18 heavy (non-hydrogen) atoms. The van der Waals surface area contributed by atoms with Crippen molar-refractivity contribution in [3.63, 3.8) is 0 Å². The van der Waals surface area contributed by atoms with Crippen LogP contribution in [0.25, 0.3) is 0 Å². The summed E-state index contributed by atoms with van der Waals surface area (Å²) in [4.78, 5) is 2.43. The molecule has 0 aliphatic carbocycles. The minimum Gasteiger partial charge on any atom is -0.370 e. The van der Waals surface area contributed by atoms with Crippen LogP contribution in [0.15, 0.2) is 18.2 Å². The second kappa shape index (κ2) is 6.18. The highest BCUT2D eigenvalue weighted by atomic mass is 35.5. The van der Waals surface area contributed by atoms with Gasteiger partial charge in [-0.1, -0.05) is 24.6 Å². The van der Waals surface area contributed by atoms with Gasteiger partial charge < -0.3 is 10.6 Å². The lowest BCUT2D eigenvalue weighted by molar-refractivity contribution is 0.727. The molecule has 2 nitrogen and oxygen atoms in total. The topological polar surface area (TPSA) is 29.3 Å². The van der Waals surface area contributed by atoms with E-state index < -0.39 is 0 Å². The van der Waals surface area contributed by atoms with Gasteiger partial charge in [-0.05, 0) is 31.0 Å². The summed E-state index contributed by atoms with van der Waals surface area (Å²) in [5.74, 6) is 1.20. The first-order valence-corrected chi connectivity index (χ1v) is 7.96. The van der Waals surface area contributed by atoms with Crippen molar-refractivity contribution in [2.45, 2.75) is 31.6 Å². The minimum absolute atomic E-state index is 0.00754. The van der Waals surface area contributed by atoms with Gasteiger partial charge in [0.25, 0.3) is 0 Å². The molecule has 1 aliphatic heterocycles. The summed E-state index contributed by atoms with van der Waals surface area (Å²) < 4.78 is 0. The molecule has 2 unspecified atom stereocenters. The lowest BCUT2D eigenvalue weighted by Gasteiger charge is -2.34. The van der Waals surface area contributed by atoms with Crippen LogP contribution in [-0.4, -0.2) is 24.1 Å². The van der Waals surface area contributed by atoms with Gasteiger partial charge in [0.15, 0.2) is 0 Å². The van der Waals surface area contributed by atoms with E-state index in [1.165, 1.54) is 17.9 Å². The molecule has 0 saturated carbocycles. The van der Waals surface area contributed by atoms with Crippen molar-refractivity contribution >= 4 is 29.1 Å². The first-order valence-electron chi connectivity index (χ1n) is 6.53. The molecular formula is C14H21ClN2S. The molecule has 2 rings (SSSR count). The van der Waals surface area contributed by atoms with Crippen LogP contribution in [0, 0.1) is 0 Å². The molecule has 1 aliphatic rings. The van der Waals surface area contributed by atoms with Crippen LogP contribution in [0.2, 0.25) is 5.02 Å². The van der Waals surface area contributed by atoms with Gasteiger partial charge in [-0.15, -0.1) is 0 Å². The number of halogens is 1. The lowest BCUT2D eigenvalue weighted by atomic mass is 10.1. The van der Waals surface area contributed by atoms with Crippen molar-refractivity contribution < 1.29 is 0 Å². The number of anilines is 1. The molecular weight excluding hydrogens is 264 g/mol. The number of rotatable bonds is 3. The van der Waals surface area contributed by atoms with Crippen molar-refractivity contribution in [2.75, 3.05) is 23.7 Å². The van der Waals surface area contributed by atoms with Gasteiger partial charge in [0, 0.05) is 40.8 Å². The maximum absolute atomic E-state index is 6.30. The Morgan fingerprint density at radius 2 is 2.33 bits per heavy atom. The molecule has 2 atom stereocenters. The minimum atomic E-state index is -0.00754. The molecule has 1 heterocycles. The Balaban J connectivity index is 2.16. The van der Waals surface area contributed by atoms with Crippen LogP contribution in [0.3, 0.4) is 0 Å². The Bertz CT molecular complexity index is 409. The average Bonchev–Trinajstić information content (AvgIpc) is 2.38. The van der Waals surface area contributed by atoms with E-state index >= 15 is 0 Å². The molecule has 0 spiro atoms. The molecule has 1 saturated heterocycles. The van der Waals surface area contributed by atoms with Crippen LogP contribution in [0.5, 0.6) is 0 Å². The van der Waals surface area contributed by atoms with Crippen molar-refractivity contribution in [3.8, 4) is 0 Å². The van der Waals surface area contributed by atoms with E-state index in [0.29, 0.717) is 0 Å². The second-order valence-electron chi connectivity index (χ2n) is 4.84. The Hall–Kier alpha value is -0.380. The van der Waals surface area contributed by atoms with Gasteiger partial charge in [-0.25, -0.2) is 0 Å². The van der Waals surface area contributed by atoms with Crippen LogP contribution in [0.1, 0.15) is 31.9 Å². The van der Waals surface area contributed by atoms with Gasteiger partial charge in [0.2, 0.25) is 0 Å². The molecule has 1 aromatic rings. The fourth-order valence-electron chi connectivity index (χ4n) is 2.28. The number of thioether (sulfide) groups is 1. The maximum Gasteiger partial charge on any atom is 0.0474 e. The Kier molecular flexibility index (Phi) is 4.82. The summed E-state index contributed by atoms with van der Waals surface area (Å²) in [5, 5.41) is 1.53. The monoisotopic (exact) mass is 284 g/mol. The van der Waals surface area contributed by atoms with Gasteiger partial charge in [0.05, 0.1) is 0 Å². The predicted molar refractivity (Wildman–Crippen MR) is 82.8 cm³/mol. The maximum atomic E-state index is 6.30. The smallest absolute Gasteiger partial charge is 0.0474 e. The van der Waals surface area contributed by atoms with Crippen LogP contribution in [-0.2, 0) is 0 Å². The van der Waals surface area contributed by atoms with Gasteiger partial charge in [-0.2, -0.15) is 11.8 Å². The van der Waals surface area contributed by atoms with E-state index in [-0.39, 0.29) is 6.04 Å². The van der Waals surface area contributed by atoms with Gasteiger partial charge in [-0.3, -0.25) is 0 Å². The molecule has 1 fully saturated rings. The summed E-state index contributed by atoms with van der Waals surface area (Å²) in [7, 11) is 0. The number of hydrogen-bond acceptors (Lipinski definition) is 3.